The molecule has 0 fully saturated rings. The van der Waals surface area contributed by atoms with E-state index in [1.165, 1.54) is 0 Å². The quantitative estimate of drug-likeness (QED) is 0.646. The lowest BCUT2D eigenvalue weighted by molar-refractivity contribution is -0.320. The molecule has 0 spiro atoms. The Morgan fingerprint density at radius 3 is 2.27 bits per heavy atom. The van der Waals surface area contributed by atoms with Gasteiger partial charge in [-0.15, -0.1) is 13.2 Å². The third-order valence-electron chi connectivity index (χ3n) is 0.713. The lowest BCUT2D eigenvalue weighted by atomic mass is 10.3. The van der Waals surface area contributed by atoms with Gasteiger partial charge in [-0.1, -0.05) is 6.58 Å². The number of aliphatic carboxylic acids is 1. The molecule has 0 radical (unpaired) electrons. The molecule has 0 aliphatic carbocycles. The number of hydrogen-bond acceptors (Lipinski definition) is 2. The van der Waals surface area contributed by atoms with Crippen molar-refractivity contribution in [2.45, 2.75) is 6.36 Å². The van der Waals surface area contributed by atoms with Gasteiger partial charge in [0.2, 0.25) is 0 Å². The average Bonchev–Trinajstić information content (AvgIpc) is 1.80. The van der Waals surface area contributed by atoms with Gasteiger partial charge >= 0.3 is 12.3 Å². The van der Waals surface area contributed by atoms with Gasteiger partial charge in [-0.2, -0.15) is 0 Å². The Hall–Kier alpha value is -1.04. The second kappa shape index (κ2) is 3.38. The topological polar surface area (TPSA) is 46.5 Å². The fourth-order valence-corrected chi connectivity index (χ4v) is 0.231. The third-order valence-corrected chi connectivity index (χ3v) is 0.713. The predicted octanol–water partition coefficient (Wildman–Crippen LogP) is 1.16. The molecule has 1 N–H and O–H groups in total. The molecular formula is C5H5F3O3. The van der Waals surface area contributed by atoms with Crippen LogP contribution < -0.4 is 0 Å². The highest BCUT2D eigenvalue weighted by molar-refractivity contribution is 5.85. The Morgan fingerprint density at radius 2 is 2.00 bits per heavy atom. The zero-order valence-corrected chi connectivity index (χ0v) is 5.31. The van der Waals surface area contributed by atoms with E-state index in [4.69, 9.17) is 5.11 Å². The van der Waals surface area contributed by atoms with E-state index in [9.17, 15) is 18.0 Å². The molecule has 0 atom stereocenters. The minimum atomic E-state index is -4.81. The Bertz CT molecular complexity index is 172. The molecule has 0 aromatic rings. The standard InChI is InChI=1S/C5H5F3O3/c1-3(4(9)10)2-11-5(6,7)8/h1-2H2,(H,9,10). The summed E-state index contributed by atoms with van der Waals surface area (Å²) in [5.41, 5.74) is -0.637. The Kier molecular flexibility index (Phi) is 3.06. The first-order chi connectivity index (χ1) is 4.83. The molecule has 0 bridgehead atoms. The van der Waals surface area contributed by atoms with Crippen LogP contribution in [0.5, 0.6) is 0 Å². The van der Waals surface area contributed by atoms with Crippen LogP contribution in [0.3, 0.4) is 0 Å². The van der Waals surface area contributed by atoms with Crippen molar-refractivity contribution in [3.63, 3.8) is 0 Å². The fourth-order valence-electron chi connectivity index (χ4n) is 0.231. The van der Waals surface area contributed by atoms with Crippen LogP contribution in [-0.2, 0) is 9.53 Å². The van der Waals surface area contributed by atoms with Crippen LogP contribution in [0.1, 0.15) is 0 Å². The van der Waals surface area contributed by atoms with Crippen LogP contribution in [-0.4, -0.2) is 24.0 Å². The van der Waals surface area contributed by atoms with Gasteiger partial charge in [-0.05, 0) is 0 Å². The number of carboxylic acid groups (broad SMARTS) is 1. The molecule has 64 valence electrons. The summed E-state index contributed by atoms with van der Waals surface area (Å²) in [6, 6.07) is 0. The molecule has 0 aliphatic heterocycles. The smallest absolute Gasteiger partial charge is 0.478 e. The minimum absolute atomic E-state index is 0.637. The molecule has 0 amide bonds. The Morgan fingerprint density at radius 1 is 1.55 bits per heavy atom. The van der Waals surface area contributed by atoms with Crippen molar-refractivity contribution in [1.82, 2.24) is 0 Å². The monoisotopic (exact) mass is 170 g/mol. The Labute approximate surface area is 60.1 Å². The van der Waals surface area contributed by atoms with Crippen molar-refractivity contribution in [3.05, 3.63) is 12.2 Å². The van der Waals surface area contributed by atoms with E-state index in [0.29, 0.717) is 0 Å². The second-order valence-electron chi connectivity index (χ2n) is 1.64. The maximum Gasteiger partial charge on any atom is 0.522 e. The van der Waals surface area contributed by atoms with Gasteiger partial charge < -0.3 is 5.11 Å². The van der Waals surface area contributed by atoms with Crippen LogP contribution in [0.2, 0.25) is 0 Å². The van der Waals surface area contributed by atoms with Crippen molar-refractivity contribution < 1.29 is 27.8 Å². The number of halogens is 3. The second-order valence-corrected chi connectivity index (χ2v) is 1.64. The maximum atomic E-state index is 11.2. The van der Waals surface area contributed by atoms with E-state index in [0.717, 1.165) is 0 Å². The molecule has 6 heteroatoms. The summed E-state index contributed by atoms with van der Waals surface area (Å²) in [4.78, 5) is 9.87. The van der Waals surface area contributed by atoms with E-state index in [-0.39, 0.29) is 0 Å². The zero-order chi connectivity index (χ0) is 9.07. The van der Waals surface area contributed by atoms with Crippen LogP contribution >= 0.6 is 0 Å². The molecule has 0 saturated carbocycles. The van der Waals surface area contributed by atoms with E-state index >= 15 is 0 Å². The van der Waals surface area contributed by atoms with Gasteiger partial charge in [0.15, 0.2) is 0 Å². The molecule has 0 heterocycles. The number of carbonyl (C=O) groups is 1. The summed E-state index contributed by atoms with van der Waals surface area (Å²) >= 11 is 0. The molecule has 0 aromatic carbocycles. The Balaban J connectivity index is 3.73. The molecule has 0 unspecified atom stereocenters. The lowest BCUT2D eigenvalue weighted by Crippen LogP contribution is -2.17. The molecule has 3 nitrogen and oxygen atoms in total. The average molecular weight is 170 g/mol. The van der Waals surface area contributed by atoms with Gasteiger partial charge in [0.25, 0.3) is 0 Å². The highest BCUT2D eigenvalue weighted by atomic mass is 19.4. The van der Waals surface area contributed by atoms with Gasteiger partial charge in [-0.25, -0.2) is 4.79 Å². The van der Waals surface area contributed by atoms with Crippen molar-refractivity contribution in [2.24, 2.45) is 0 Å². The molecule has 0 saturated heterocycles. The van der Waals surface area contributed by atoms with Crippen molar-refractivity contribution in [2.75, 3.05) is 6.61 Å². The number of alkyl halides is 3. The number of hydrogen-bond donors (Lipinski definition) is 1. The van der Waals surface area contributed by atoms with Gasteiger partial charge in [0, 0.05) is 0 Å². The highest BCUT2D eigenvalue weighted by Gasteiger charge is 2.29. The minimum Gasteiger partial charge on any atom is -0.478 e. The maximum absolute atomic E-state index is 11.2. The van der Waals surface area contributed by atoms with Gasteiger partial charge in [0.05, 0.1) is 12.2 Å². The number of carboxylic acids is 1. The zero-order valence-electron chi connectivity index (χ0n) is 5.31. The SMILES string of the molecule is C=C(COC(F)(F)F)C(=O)O. The summed E-state index contributed by atoms with van der Waals surface area (Å²) < 4.78 is 36.8. The van der Waals surface area contributed by atoms with Crippen molar-refractivity contribution in [3.8, 4) is 0 Å². The summed E-state index contributed by atoms with van der Waals surface area (Å²) in [6.07, 6.45) is -4.81. The van der Waals surface area contributed by atoms with Crippen LogP contribution in [0, 0.1) is 0 Å². The van der Waals surface area contributed by atoms with E-state index in [2.05, 4.69) is 11.3 Å². The summed E-state index contributed by atoms with van der Waals surface area (Å²) in [5, 5.41) is 8.03. The van der Waals surface area contributed by atoms with E-state index in [1.54, 1.807) is 0 Å². The van der Waals surface area contributed by atoms with Crippen LogP contribution in [0.25, 0.3) is 0 Å². The fraction of sp³-hybridized carbons (Fsp3) is 0.400. The summed E-state index contributed by atoms with van der Waals surface area (Å²) in [5.74, 6) is -1.51. The molecular weight excluding hydrogens is 165 g/mol. The summed E-state index contributed by atoms with van der Waals surface area (Å²) in [7, 11) is 0. The van der Waals surface area contributed by atoms with Gasteiger partial charge in [-0.3, -0.25) is 4.74 Å². The number of rotatable bonds is 3. The summed E-state index contributed by atoms with van der Waals surface area (Å²) in [6.45, 7) is 1.79. The first kappa shape index (κ1) is 9.96. The van der Waals surface area contributed by atoms with Crippen LogP contribution in [0.15, 0.2) is 12.2 Å². The van der Waals surface area contributed by atoms with Crippen molar-refractivity contribution in [1.29, 1.82) is 0 Å². The largest absolute Gasteiger partial charge is 0.522 e. The highest BCUT2D eigenvalue weighted by Crippen LogP contribution is 2.16. The predicted molar refractivity (Wildman–Crippen MR) is 28.8 cm³/mol. The number of ether oxygens (including phenoxy) is 1. The van der Waals surface area contributed by atoms with E-state index in [1.807, 2.05) is 0 Å². The molecule has 0 aromatic heterocycles. The molecule has 0 rings (SSSR count). The normalized spacial score (nSPS) is 11.2. The first-order valence-corrected chi connectivity index (χ1v) is 2.44. The molecule has 11 heavy (non-hydrogen) atoms. The van der Waals surface area contributed by atoms with Gasteiger partial charge in [0.1, 0.15) is 0 Å². The van der Waals surface area contributed by atoms with Crippen LogP contribution in [0.4, 0.5) is 13.2 Å². The lowest BCUT2D eigenvalue weighted by Gasteiger charge is -2.05. The third kappa shape index (κ3) is 5.41. The van der Waals surface area contributed by atoms with Crippen molar-refractivity contribution >= 4 is 5.97 Å². The van der Waals surface area contributed by atoms with E-state index < -0.39 is 24.5 Å². The first-order valence-electron chi connectivity index (χ1n) is 2.44. The molecule has 0 aliphatic rings.